The fraction of sp³-hybridized carbons (Fsp3) is 0.100. The van der Waals surface area contributed by atoms with Crippen molar-refractivity contribution in [2.45, 2.75) is 11.1 Å². The van der Waals surface area contributed by atoms with Crippen molar-refractivity contribution < 1.29 is 8.42 Å². The number of anilines is 1. The topological polar surface area (TPSA) is 59.1 Å². The number of benzene rings is 1. The van der Waals surface area contributed by atoms with Gasteiger partial charge >= 0.3 is 0 Å². The first kappa shape index (κ1) is 14.9. The van der Waals surface area contributed by atoms with Gasteiger partial charge in [0.05, 0.1) is 21.4 Å². The van der Waals surface area contributed by atoms with Crippen LogP contribution in [0, 0.1) is 6.92 Å². The fourth-order valence-electron chi connectivity index (χ4n) is 1.38. The molecular weight excluding hydrogens is 351 g/mol. The highest BCUT2D eigenvalue weighted by atomic mass is 35.5. The van der Waals surface area contributed by atoms with Crippen molar-refractivity contribution in [2.24, 2.45) is 0 Å². The zero-order chi connectivity index (χ0) is 14.2. The van der Waals surface area contributed by atoms with Crippen LogP contribution in [0.1, 0.15) is 5.69 Å². The molecule has 9 heteroatoms. The van der Waals surface area contributed by atoms with Crippen molar-refractivity contribution in [2.75, 3.05) is 4.72 Å². The summed E-state index contributed by atoms with van der Waals surface area (Å²) in [5, 5.41) is 0.425. The molecule has 0 atom stereocenters. The molecule has 0 spiro atoms. The van der Waals surface area contributed by atoms with Crippen LogP contribution in [-0.2, 0) is 10.0 Å². The lowest BCUT2D eigenvalue weighted by molar-refractivity contribution is 0.602. The van der Waals surface area contributed by atoms with Crippen LogP contribution in [0.3, 0.4) is 0 Å². The highest BCUT2D eigenvalue weighted by molar-refractivity contribution is 7.94. The van der Waals surface area contributed by atoms with E-state index in [0.717, 1.165) is 11.3 Å². The molecule has 1 aromatic heterocycles. The number of thiazole rings is 1. The number of nitrogens with zero attached hydrogens (tertiary/aromatic N) is 1. The fourth-order valence-corrected chi connectivity index (χ4v) is 4.82. The predicted molar refractivity (Wildman–Crippen MR) is 79.1 cm³/mol. The number of halogens is 3. The Hall–Kier alpha value is -0.530. The average molecular weight is 358 g/mol. The third-order valence-electron chi connectivity index (χ3n) is 2.17. The molecule has 0 aliphatic heterocycles. The summed E-state index contributed by atoms with van der Waals surface area (Å²) >= 11 is 18.4. The lowest BCUT2D eigenvalue weighted by Crippen LogP contribution is -2.13. The van der Waals surface area contributed by atoms with Gasteiger partial charge in [0.2, 0.25) is 0 Å². The molecule has 1 heterocycles. The number of sulfonamides is 1. The molecule has 102 valence electrons. The van der Waals surface area contributed by atoms with Gasteiger partial charge in [-0.15, -0.1) is 0 Å². The largest absolute Gasteiger partial charge is 0.276 e. The third-order valence-corrected chi connectivity index (χ3v) is 6.02. The van der Waals surface area contributed by atoms with Gasteiger partial charge in [0.1, 0.15) is 0 Å². The number of rotatable bonds is 3. The van der Waals surface area contributed by atoms with Gasteiger partial charge in [-0.3, -0.25) is 4.72 Å². The minimum Gasteiger partial charge on any atom is -0.276 e. The van der Waals surface area contributed by atoms with Gasteiger partial charge in [0.25, 0.3) is 10.0 Å². The van der Waals surface area contributed by atoms with Crippen LogP contribution in [0.2, 0.25) is 14.5 Å². The number of hydrogen-bond donors (Lipinski definition) is 1. The Morgan fingerprint density at radius 2 is 1.79 bits per heavy atom. The van der Waals surface area contributed by atoms with Crippen LogP contribution in [-0.4, -0.2) is 13.4 Å². The van der Waals surface area contributed by atoms with Crippen LogP contribution in [0.4, 0.5) is 5.69 Å². The zero-order valence-electron chi connectivity index (χ0n) is 9.45. The van der Waals surface area contributed by atoms with E-state index in [1.807, 2.05) is 0 Å². The quantitative estimate of drug-likeness (QED) is 0.895. The summed E-state index contributed by atoms with van der Waals surface area (Å²) < 4.78 is 27.0. The van der Waals surface area contributed by atoms with Gasteiger partial charge in [0, 0.05) is 0 Å². The van der Waals surface area contributed by atoms with Crippen LogP contribution in [0.25, 0.3) is 0 Å². The second kappa shape index (κ2) is 5.46. The molecule has 0 fully saturated rings. The zero-order valence-corrected chi connectivity index (χ0v) is 13.3. The molecule has 2 aromatic rings. The summed E-state index contributed by atoms with van der Waals surface area (Å²) in [5.41, 5.74) is 0.459. The van der Waals surface area contributed by atoms with E-state index in [1.165, 1.54) is 12.1 Å². The molecule has 19 heavy (non-hydrogen) atoms. The summed E-state index contributed by atoms with van der Waals surface area (Å²) in [6, 6.07) is 4.70. The van der Waals surface area contributed by atoms with Crippen LogP contribution in [0.5, 0.6) is 0 Å². The molecule has 0 aliphatic carbocycles. The van der Waals surface area contributed by atoms with Gasteiger partial charge in [0.15, 0.2) is 8.68 Å². The summed E-state index contributed by atoms with van der Waals surface area (Å²) in [5.74, 6) is 0. The molecule has 1 aromatic carbocycles. The second-order valence-corrected chi connectivity index (χ2v) is 7.82. The van der Waals surface area contributed by atoms with E-state index in [9.17, 15) is 8.42 Å². The summed E-state index contributed by atoms with van der Waals surface area (Å²) in [6.07, 6.45) is 0. The van der Waals surface area contributed by atoms with Crippen molar-refractivity contribution in [3.05, 3.63) is 38.4 Å². The molecule has 0 bridgehead atoms. The van der Waals surface area contributed by atoms with Crippen LogP contribution >= 0.6 is 46.1 Å². The number of para-hydroxylation sites is 1. The Balaban J connectivity index is 2.45. The first-order chi connectivity index (χ1) is 8.81. The molecule has 0 amide bonds. The summed E-state index contributed by atoms with van der Waals surface area (Å²) in [7, 11) is -3.82. The maximum absolute atomic E-state index is 12.2. The molecule has 0 aliphatic rings. The minimum atomic E-state index is -3.82. The van der Waals surface area contributed by atoms with E-state index in [0.29, 0.717) is 5.69 Å². The van der Waals surface area contributed by atoms with E-state index < -0.39 is 10.0 Å². The molecule has 0 saturated heterocycles. The smallest absolute Gasteiger partial charge is 0.273 e. The average Bonchev–Trinajstić information content (AvgIpc) is 2.64. The number of aryl methyl sites for hydroxylation is 1. The van der Waals surface area contributed by atoms with E-state index in [2.05, 4.69) is 9.71 Å². The van der Waals surface area contributed by atoms with Crippen molar-refractivity contribution >= 4 is 61.9 Å². The maximum Gasteiger partial charge on any atom is 0.273 e. The number of hydrogen-bond acceptors (Lipinski definition) is 4. The second-order valence-electron chi connectivity index (χ2n) is 3.54. The van der Waals surface area contributed by atoms with Crippen molar-refractivity contribution in [3.63, 3.8) is 0 Å². The normalized spacial score (nSPS) is 11.6. The van der Waals surface area contributed by atoms with E-state index >= 15 is 0 Å². The van der Waals surface area contributed by atoms with E-state index in [-0.39, 0.29) is 24.4 Å². The standard InChI is InChI=1S/C10H7Cl3N2O2S2/c1-5-9(18-10(13)14-5)19(16,17)15-8-6(11)3-2-4-7(8)12/h2-4,15H,1H3. The minimum absolute atomic E-state index is 0.0356. The Morgan fingerprint density at radius 3 is 2.26 bits per heavy atom. The summed E-state index contributed by atoms with van der Waals surface area (Å²) in [4.78, 5) is 3.86. The number of nitrogens with one attached hydrogen (secondary N) is 1. The number of aromatic nitrogens is 1. The summed E-state index contributed by atoms with van der Waals surface area (Å²) in [6.45, 7) is 1.56. The third kappa shape index (κ3) is 3.14. The van der Waals surface area contributed by atoms with Gasteiger partial charge in [-0.25, -0.2) is 13.4 Å². The molecule has 0 radical (unpaired) electrons. The van der Waals surface area contributed by atoms with Crippen LogP contribution < -0.4 is 4.72 Å². The van der Waals surface area contributed by atoms with Crippen LogP contribution in [0.15, 0.2) is 22.4 Å². The van der Waals surface area contributed by atoms with Crippen molar-refractivity contribution in [1.29, 1.82) is 0 Å². The lowest BCUT2D eigenvalue weighted by atomic mass is 10.3. The SMILES string of the molecule is Cc1nc(Cl)sc1S(=O)(=O)Nc1c(Cl)cccc1Cl. The highest BCUT2D eigenvalue weighted by Gasteiger charge is 2.23. The van der Waals surface area contributed by atoms with Gasteiger partial charge in [-0.2, -0.15) is 0 Å². The lowest BCUT2D eigenvalue weighted by Gasteiger charge is -2.10. The molecular formula is C10H7Cl3N2O2S2. The maximum atomic E-state index is 12.2. The predicted octanol–water partition coefficient (Wildman–Crippen LogP) is 4.21. The van der Waals surface area contributed by atoms with E-state index in [1.54, 1.807) is 13.0 Å². The van der Waals surface area contributed by atoms with Crippen molar-refractivity contribution in [3.8, 4) is 0 Å². The first-order valence-electron chi connectivity index (χ1n) is 4.91. The Labute approximate surface area is 129 Å². The Kier molecular flexibility index (Phi) is 4.27. The molecule has 4 nitrogen and oxygen atoms in total. The first-order valence-corrected chi connectivity index (χ1v) is 8.34. The Morgan fingerprint density at radius 1 is 1.21 bits per heavy atom. The molecule has 2 rings (SSSR count). The van der Waals surface area contributed by atoms with Gasteiger partial charge < -0.3 is 0 Å². The monoisotopic (exact) mass is 356 g/mol. The van der Waals surface area contributed by atoms with E-state index in [4.69, 9.17) is 34.8 Å². The van der Waals surface area contributed by atoms with Crippen molar-refractivity contribution in [1.82, 2.24) is 4.98 Å². The Bertz CT molecular complexity index is 708. The molecule has 0 unspecified atom stereocenters. The highest BCUT2D eigenvalue weighted by Crippen LogP contribution is 2.34. The van der Waals surface area contributed by atoms with Gasteiger partial charge in [-0.05, 0) is 19.1 Å². The molecule has 0 saturated carbocycles. The van der Waals surface area contributed by atoms with Gasteiger partial charge in [-0.1, -0.05) is 52.2 Å². The molecule has 1 N–H and O–H groups in total.